The summed E-state index contributed by atoms with van der Waals surface area (Å²) < 4.78 is 16.9. The summed E-state index contributed by atoms with van der Waals surface area (Å²) in [5.74, 6) is -0.874. The molecule has 0 amide bonds. The molecule has 0 spiro atoms. The van der Waals surface area contributed by atoms with Crippen LogP contribution in [0, 0.1) is 0 Å². The molecule has 0 aliphatic carbocycles. The van der Waals surface area contributed by atoms with E-state index in [4.69, 9.17) is 14.2 Å². The summed E-state index contributed by atoms with van der Waals surface area (Å²) in [6.07, 6.45) is 71.0. The Labute approximate surface area is 428 Å². The summed E-state index contributed by atoms with van der Waals surface area (Å²) in [5, 5.41) is 0. The zero-order valence-corrected chi connectivity index (χ0v) is 46.1. The average molecular weight is 968 g/mol. The average Bonchev–Trinajstić information content (AvgIpc) is 3.35. The lowest BCUT2D eigenvalue weighted by Crippen LogP contribution is -2.30. The van der Waals surface area contributed by atoms with Crippen molar-refractivity contribution in [2.24, 2.45) is 0 Å². The van der Waals surface area contributed by atoms with Crippen LogP contribution in [0.1, 0.15) is 316 Å². The van der Waals surface area contributed by atoms with Gasteiger partial charge in [-0.05, 0) is 83.5 Å². The number of hydrogen-bond donors (Lipinski definition) is 0. The van der Waals surface area contributed by atoms with Gasteiger partial charge in [-0.2, -0.15) is 0 Å². The Bertz CT molecular complexity index is 1200. The van der Waals surface area contributed by atoms with Crippen molar-refractivity contribution >= 4 is 17.9 Å². The molecule has 0 saturated carbocycles. The van der Waals surface area contributed by atoms with Gasteiger partial charge in [0.25, 0.3) is 0 Å². The van der Waals surface area contributed by atoms with Crippen molar-refractivity contribution in [2.45, 2.75) is 322 Å². The molecule has 0 N–H and O–H groups in total. The highest BCUT2D eigenvalue weighted by Crippen LogP contribution is 2.16. The molecular formula is C63H114O6. The van der Waals surface area contributed by atoms with Crippen LogP contribution in [-0.4, -0.2) is 37.2 Å². The first kappa shape index (κ1) is 66.4. The molecule has 0 aliphatic rings. The molecule has 0 saturated heterocycles. The van der Waals surface area contributed by atoms with E-state index in [0.29, 0.717) is 19.3 Å². The van der Waals surface area contributed by atoms with Crippen molar-refractivity contribution in [1.82, 2.24) is 0 Å². The van der Waals surface area contributed by atoms with Crippen LogP contribution in [-0.2, 0) is 28.6 Å². The molecule has 0 aliphatic heterocycles. The normalized spacial score (nSPS) is 12.3. The Morgan fingerprint density at radius 2 is 0.522 bits per heavy atom. The van der Waals surface area contributed by atoms with E-state index < -0.39 is 6.10 Å². The van der Waals surface area contributed by atoms with Crippen LogP contribution in [0.5, 0.6) is 0 Å². The predicted molar refractivity (Wildman–Crippen MR) is 298 cm³/mol. The molecule has 0 unspecified atom stereocenters. The van der Waals surface area contributed by atoms with Crippen molar-refractivity contribution in [1.29, 1.82) is 0 Å². The number of carbonyl (C=O) groups excluding carboxylic acids is 3. The maximum absolute atomic E-state index is 12.9. The van der Waals surface area contributed by atoms with Gasteiger partial charge in [0.2, 0.25) is 0 Å². The van der Waals surface area contributed by atoms with Crippen LogP contribution >= 0.6 is 0 Å². The van der Waals surface area contributed by atoms with Crippen LogP contribution in [0.4, 0.5) is 0 Å². The molecule has 6 nitrogen and oxygen atoms in total. The lowest BCUT2D eigenvalue weighted by Gasteiger charge is -2.18. The van der Waals surface area contributed by atoms with Crippen LogP contribution < -0.4 is 0 Å². The molecule has 0 aromatic carbocycles. The maximum atomic E-state index is 12.9. The molecule has 0 aromatic heterocycles. The van der Waals surface area contributed by atoms with Crippen LogP contribution in [0.15, 0.2) is 48.6 Å². The molecule has 0 heterocycles. The van der Waals surface area contributed by atoms with Gasteiger partial charge in [-0.25, -0.2) is 0 Å². The van der Waals surface area contributed by atoms with Crippen molar-refractivity contribution in [2.75, 3.05) is 13.2 Å². The SMILES string of the molecule is CCCCC/C=C\C/C=C\CCCCCCCCCC(=O)OC[C@@H](COC(=O)CCCCCCCCCCCCCCCCCCC)OC(=O)CCCCCCCCC/C=C\C/C=C\CCCCC. The smallest absolute Gasteiger partial charge is 0.306 e. The Kier molecular flexibility index (Phi) is 55.7. The summed E-state index contributed by atoms with van der Waals surface area (Å²) in [6.45, 7) is 6.62. The van der Waals surface area contributed by atoms with Crippen molar-refractivity contribution < 1.29 is 28.6 Å². The largest absolute Gasteiger partial charge is 0.462 e. The molecule has 69 heavy (non-hydrogen) atoms. The number of ether oxygens (including phenoxy) is 3. The summed E-state index contributed by atoms with van der Waals surface area (Å²) in [4.78, 5) is 38.2. The quantitative estimate of drug-likeness (QED) is 0.0262. The second kappa shape index (κ2) is 57.9. The van der Waals surface area contributed by atoms with Crippen molar-refractivity contribution in [3.63, 3.8) is 0 Å². The molecule has 0 fully saturated rings. The Hall–Kier alpha value is -2.63. The molecule has 1 atom stereocenters. The van der Waals surface area contributed by atoms with Crippen molar-refractivity contribution in [3.05, 3.63) is 48.6 Å². The molecular weight excluding hydrogens is 853 g/mol. The molecule has 0 bridgehead atoms. The van der Waals surface area contributed by atoms with E-state index in [9.17, 15) is 14.4 Å². The fourth-order valence-corrected chi connectivity index (χ4v) is 8.74. The zero-order valence-electron chi connectivity index (χ0n) is 46.1. The van der Waals surface area contributed by atoms with Crippen LogP contribution in [0.25, 0.3) is 0 Å². The van der Waals surface area contributed by atoms with E-state index in [0.717, 1.165) is 83.5 Å². The number of carbonyl (C=O) groups is 3. The first-order valence-corrected chi connectivity index (χ1v) is 30.1. The second-order valence-electron chi connectivity index (χ2n) is 20.3. The highest BCUT2D eigenvalue weighted by atomic mass is 16.6. The number of esters is 3. The van der Waals surface area contributed by atoms with Gasteiger partial charge in [-0.1, -0.05) is 262 Å². The summed E-state index contributed by atoms with van der Waals surface area (Å²) >= 11 is 0. The molecule has 402 valence electrons. The second-order valence-corrected chi connectivity index (χ2v) is 20.3. The minimum absolute atomic E-state index is 0.0757. The molecule has 0 rings (SSSR count). The highest BCUT2D eigenvalue weighted by molar-refractivity contribution is 5.71. The van der Waals surface area contributed by atoms with E-state index in [1.807, 2.05) is 0 Å². The highest BCUT2D eigenvalue weighted by Gasteiger charge is 2.19. The van der Waals surface area contributed by atoms with Crippen molar-refractivity contribution in [3.8, 4) is 0 Å². The molecule has 0 radical (unpaired) electrons. The number of allylic oxidation sites excluding steroid dienone is 8. The van der Waals surface area contributed by atoms with E-state index in [-0.39, 0.29) is 31.1 Å². The molecule has 0 aromatic rings. The summed E-state index contributed by atoms with van der Waals surface area (Å²) in [5.41, 5.74) is 0. The lowest BCUT2D eigenvalue weighted by molar-refractivity contribution is -0.167. The summed E-state index contributed by atoms with van der Waals surface area (Å²) in [7, 11) is 0. The van der Waals surface area contributed by atoms with E-state index in [2.05, 4.69) is 69.4 Å². The van der Waals surface area contributed by atoms with E-state index >= 15 is 0 Å². The fraction of sp³-hybridized carbons (Fsp3) is 0.825. The lowest BCUT2D eigenvalue weighted by atomic mass is 10.0. The van der Waals surface area contributed by atoms with Gasteiger partial charge in [-0.3, -0.25) is 14.4 Å². The minimum Gasteiger partial charge on any atom is -0.462 e. The third-order valence-electron chi connectivity index (χ3n) is 13.3. The maximum Gasteiger partial charge on any atom is 0.306 e. The van der Waals surface area contributed by atoms with Gasteiger partial charge in [0, 0.05) is 19.3 Å². The number of unbranched alkanes of at least 4 members (excludes halogenated alkanes) is 36. The van der Waals surface area contributed by atoms with Gasteiger partial charge < -0.3 is 14.2 Å². The fourth-order valence-electron chi connectivity index (χ4n) is 8.74. The van der Waals surface area contributed by atoms with E-state index in [1.165, 1.54) is 193 Å². The van der Waals surface area contributed by atoms with Crippen LogP contribution in [0.3, 0.4) is 0 Å². The third-order valence-corrected chi connectivity index (χ3v) is 13.3. The van der Waals surface area contributed by atoms with E-state index in [1.54, 1.807) is 0 Å². The van der Waals surface area contributed by atoms with Crippen LogP contribution in [0.2, 0.25) is 0 Å². The first-order valence-electron chi connectivity index (χ1n) is 30.1. The Morgan fingerprint density at radius 1 is 0.290 bits per heavy atom. The predicted octanol–water partition coefficient (Wildman–Crippen LogP) is 20.2. The van der Waals surface area contributed by atoms with Gasteiger partial charge in [0.15, 0.2) is 6.10 Å². The van der Waals surface area contributed by atoms with Gasteiger partial charge >= 0.3 is 17.9 Å². The van der Waals surface area contributed by atoms with Gasteiger partial charge in [0.05, 0.1) is 0 Å². The Balaban J connectivity index is 4.37. The third kappa shape index (κ3) is 56.2. The monoisotopic (exact) mass is 967 g/mol. The van der Waals surface area contributed by atoms with Gasteiger partial charge in [0.1, 0.15) is 13.2 Å². The van der Waals surface area contributed by atoms with Gasteiger partial charge in [-0.15, -0.1) is 0 Å². The standard InChI is InChI=1S/C63H114O6/c1-4-7-10-13-16-19-22-25-28-31-34-37-40-43-46-49-52-55-61(64)67-58-60(69-63(66)57-54-51-48-45-42-39-36-33-30-27-24-21-18-15-12-9-6-3)59-68-62(65)56-53-50-47-44-41-38-35-32-29-26-23-20-17-14-11-8-5-2/h16,18-19,21,25,27-28,30,60H,4-15,17,20,22-24,26,29,31-59H2,1-3H3/b19-16-,21-18-,28-25-,30-27-/t60-/m0/s1. The first-order chi connectivity index (χ1) is 34.0. The summed E-state index contributed by atoms with van der Waals surface area (Å²) in [6, 6.07) is 0. The number of hydrogen-bond acceptors (Lipinski definition) is 6. The Morgan fingerprint density at radius 3 is 0.826 bits per heavy atom. The molecule has 6 heteroatoms. The topological polar surface area (TPSA) is 78.9 Å². The number of rotatable bonds is 55. The zero-order chi connectivity index (χ0) is 50.0. The minimum atomic E-state index is -0.779.